The van der Waals surface area contributed by atoms with E-state index in [2.05, 4.69) is 5.32 Å². The van der Waals surface area contributed by atoms with E-state index in [4.69, 9.17) is 26.2 Å². The summed E-state index contributed by atoms with van der Waals surface area (Å²) in [6, 6.07) is 13.9. The SMILES string of the molecule is COc1cc(/C=C(/C#N)C(=O)N[C@H](C)c2ccccc2)cc(Cl)c1OCC(=O)O. The molecule has 2 rings (SSSR count). The number of nitrogens with one attached hydrogen (secondary N) is 1. The van der Waals surface area contributed by atoms with Gasteiger partial charge in [0.2, 0.25) is 0 Å². The van der Waals surface area contributed by atoms with Gasteiger partial charge in [0.25, 0.3) is 5.91 Å². The lowest BCUT2D eigenvalue weighted by atomic mass is 10.1. The highest BCUT2D eigenvalue weighted by Gasteiger charge is 2.16. The Labute approximate surface area is 173 Å². The maximum Gasteiger partial charge on any atom is 0.341 e. The standard InChI is InChI=1S/C21H19ClN2O5/c1-13(15-6-4-3-5-7-15)24-21(27)16(11-23)8-14-9-17(22)20(18(10-14)28-2)29-12-19(25)26/h3-10,13H,12H2,1-2H3,(H,24,27)(H,25,26)/b16-8-/t13-/m1/s1. The molecule has 0 unspecified atom stereocenters. The zero-order valence-electron chi connectivity index (χ0n) is 15.8. The fraction of sp³-hybridized carbons (Fsp3) is 0.190. The van der Waals surface area contributed by atoms with E-state index in [1.165, 1.54) is 25.3 Å². The number of halogens is 1. The molecule has 0 heterocycles. The van der Waals surface area contributed by atoms with E-state index in [1.54, 1.807) is 0 Å². The van der Waals surface area contributed by atoms with E-state index in [-0.39, 0.29) is 28.1 Å². The van der Waals surface area contributed by atoms with Crippen molar-refractivity contribution >= 4 is 29.6 Å². The number of hydrogen-bond donors (Lipinski definition) is 2. The van der Waals surface area contributed by atoms with Gasteiger partial charge in [-0.25, -0.2) is 4.79 Å². The van der Waals surface area contributed by atoms with E-state index >= 15 is 0 Å². The third-order valence-corrected chi connectivity index (χ3v) is 4.20. The first-order chi connectivity index (χ1) is 13.8. The number of carbonyl (C=O) groups excluding carboxylic acids is 1. The summed E-state index contributed by atoms with van der Waals surface area (Å²) in [6.07, 6.45) is 1.36. The molecule has 0 fully saturated rings. The van der Waals surface area contributed by atoms with Crippen LogP contribution in [-0.4, -0.2) is 30.7 Å². The molecule has 7 nitrogen and oxygen atoms in total. The summed E-state index contributed by atoms with van der Waals surface area (Å²) in [5.74, 6) is -1.46. The van der Waals surface area contributed by atoms with Crippen LogP contribution in [0.3, 0.4) is 0 Å². The minimum atomic E-state index is -1.16. The van der Waals surface area contributed by atoms with Crippen LogP contribution in [0, 0.1) is 11.3 Å². The third-order valence-electron chi connectivity index (χ3n) is 3.92. The molecule has 0 saturated heterocycles. The Morgan fingerprint density at radius 3 is 2.59 bits per heavy atom. The molecule has 2 aromatic carbocycles. The lowest BCUT2D eigenvalue weighted by Gasteiger charge is -2.14. The molecule has 150 valence electrons. The van der Waals surface area contributed by atoms with Crippen molar-refractivity contribution < 1.29 is 24.2 Å². The lowest BCUT2D eigenvalue weighted by Crippen LogP contribution is -2.27. The van der Waals surface area contributed by atoms with Crippen molar-refractivity contribution in [3.8, 4) is 17.6 Å². The molecule has 0 aliphatic heterocycles. The van der Waals surface area contributed by atoms with E-state index in [0.717, 1.165) is 5.56 Å². The molecule has 29 heavy (non-hydrogen) atoms. The predicted molar refractivity (Wildman–Crippen MR) is 108 cm³/mol. The summed E-state index contributed by atoms with van der Waals surface area (Å²) in [4.78, 5) is 23.2. The molecule has 0 aliphatic rings. The first-order valence-corrected chi connectivity index (χ1v) is 8.93. The van der Waals surface area contributed by atoms with Crippen LogP contribution in [-0.2, 0) is 9.59 Å². The van der Waals surface area contributed by atoms with Gasteiger partial charge in [-0.2, -0.15) is 5.26 Å². The molecule has 0 spiro atoms. The number of carboxylic acids is 1. The number of nitriles is 1. The normalized spacial score (nSPS) is 11.9. The Morgan fingerprint density at radius 1 is 1.31 bits per heavy atom. The van der Waals surface area contributed by atoms with Crippen LogP contribution in [0.2, 0.25) is 5.02 Å². The molecule has 0 radical (unpaired) electrons. The Balaban J connectivity index is 2.25. The van der Waals surface area contributed by atoms with Gasteiger partial charge in [-0.15, -0.1) is 0 Å². The van der Waals surface area contributed by atoms with Crippen molar-refractivity contribution in [2.24, 2.45) is 0 Å². The van der Waals surface area contributed by atoms with Gasteiger partial charge in [-0.05, 0) is 36.3 Å². The van der Waals surface area contributed by atoms with Crippen molar-refractivity contribution in [1.82, 2.24) is 5.32 Å². The third kappa shape index (κ3) is 5.99. The molecule has 0 bridgehead atoms. The fourth-order valence-corrected chi connectivity index (χ4v) is 2.79. The molecule has 0 saturated carbocycles. The van der Waals surface area contributed by atoms with Gasteiger partial charge in [0.15, 0.2) is 18.1 Å². The van der Waals surface area contributed by atoms with Crippen molar-refractivity contribution in [3.05, 3.63) is 64.2 Å². The number of amides is 1. The highest BCUT2D eigenvalue weighted by Crippen LogP contribution is 2.37. The number of carboxylic acid groups (broad SMARTS) is 1. The highest BCUT2D eigenvalue weighted by atomic mass is 35.5. The number of aliphatic carboxylic acids is 1. The van der Waals surface area contributed by atoms with Crippen molar-refractivity contribution in [3.63, 3.8) is 0 Å². The maximum atomic E-state index is 12.5. The molecule has 2 N–H and O–H groups in total. The van der Waals surface area contributed by atoms with Crippen LogP contribution >= 0.6 is 11.6 Å². The van der Waals surface area contributed by atoms with Gasteiger partial charge in [0.05, 0.1) is 18.2 Å². The number of ether oxygens (including phenoxy) is 2. The molecule has 1 amide bonds. The summed E-state index contributed by atoms with van der Waals surface area (Å²) >= 11 is 6.16. The van der Waals surface area contributed by atoms with Gasteiger partial charge in [-0.3, -0.25) is 4.79 Å². The van der Waals surface area contributed by atoms with Crippen molar-refractivity contribution in [2.45, 2.75) is 13.0 Å². The van der Waals surface area contributed by atoms with Gasteiger partial charge < -0.3 is 19.9 Å². The van der Waals surface area contributed by atoms with E-state index in [1.807, 2.05) is 43.3 Å². The van der Waals surface area contributed by atoms with Crippen LogP contribution in [0.1, 0.15) is 24.1 Å². The van der Waals surface area contributed by atoms with Gasteiger partial charge >= 0.3 is 5.97 Å². The number of carbonyl (C=O) groups is 2. The Kier molecular flexibility index (Phi) is 7.63. The van der Waals surface area contributed by atoms with E-state index in [9.17, 15) is 14.9 Å². The number of nitrogens with zero attached hydrogens (tertiary/aromatic N) is 1. The Bertz CT molecular complexity index is 967. The molecule has 0 aromatic heterocycles. The lowest BCUT2D eigenvalue weighted by molar-refractivity contribution is -0.139. The predicted octanol–water partition coefficient (Wildman–Crippen LogP) is 3.60. The summed E-state index contributed by atoms with van der Waals surface area (Å²) < 4.78 is 10.3. The van der Waals surface area contributed by atoms with Crippen LogP contribution in [0.5, 0.6) is 11.5 Å². The quantitative estimate of drug-likeness (QED) is 0.504. The van der Waals surface area contributed by atoms with Crippen LogP contribution in [0.25, 0.3) is 6.08 Å². The second-order valence-corrected chi connectivity index (χ2v) is 6.40. The fourth-order valence-electron chi connectivity index (χ4n) is 2.51. The molecular formula is C21H19ClN2O5. The van der Waals surface area contributed by atoms with Gasteiger partial charge in [0, 0.05) is 0 Å². The monoisotopic (exact) mass is 414 g/mol. The highest BCUT2D eigenvalue weighted by molar-refractivity contribution is 6.32. The van der Waals surface area contributed by atoms with Crippen molar-refractivity contribution in [2.75, 3.05) is 13.7 Å². The average Bonchev–Trinajstić information content (AvgIpc) is 2.71. The summed E-state index contributed by atoms with van der Waals surface area (Å²) in [5, 5.41) is 21.0. The van der Waals surface area contributed by atoms with Crippen LogP contribution < -0.4 is 14.8 Å². The van der Waals surface area contributed by atoms with Crippen molar-refractivity contribution in [1.29, 1.82) is 5.26 Å². The Hall–Kier alpha value is -3.50. The minimum absolute atomic E-state index is 0.0642. The smallest absolute Gasteiger partial charge is 0.341 e. The first-order valence-electron chi connectivity index (χ1n) is 8.55. The molecule has 1 atom stereocenters. The number of hydrogen-bond acceptors (Lipinski definition) is 5. The number of benzene rings is 2. The summed E-state index contributed by atoms with van der Waals surface area (Å²) in [5.41, 5.74) is 1.21. The maximum absolute atomic E-state index is 12.5. The molecular weight excluding hydrogens is 396 g/mol. The van der Waals surface area contributed by atoms with Crippen LogP contribution in [0.15, 0.2) is 48.0 Å². The van der Waals surface area contributed by atoms with Gasteiger partial charge in [-0.1, -0.05) is 41.9 Å². The molecule has 2 aromatic rings. The summed E-state index contributed by atoms with van der Waals surface area (Å²) in [7, 11) is 1.37. The molecule has 8 heteroatoms. The van der Waals surface area contributed by atoms with Crippen LogP contribution in [0.4, 0.5) is 0 Å². The zero-order chi connectivity index (χ0) is 21.4. The zero-order valence-corrected chi connectivity index (χ0v) is 16.6. The van der Waals surface area contributed by atoms with E-state index < -0.39 is 18.5 Å². The number of methoxy groups -OCH3 is 1. The average molecular weight is 415 g/mol. The Morgan fingerprint density at radius 2 is 2.00 bits per heavy atom. The summed E-state index contributed by atoms with van der Waals surface area (Å²) in [6.45, 7) is 1.23. The topological polar surface area (TPSA) is 109 Å². The first kappa shape index (κ1) is 21.8. The van der Waals surface area contributed by atoms with E-state index in [0.29, 0.717) is 5.56 Å². The minimum Gasteiger partial charge on any atom is -0.493 e. The second-order valence-electron chi connectivity index (χ2n) is 5.99. The number of rotatable bonds is 8. The second kappa shape index (κ2) is 10.2. The largest absolute Gasteiger partial charge is 0.493 e. The van der Waals surface area contributed by atoms with Gasteiger partial charge in [0.1, 0.15) is 11.6 Å². The molecule has 0 aliphatic carbocycles.